The molecule has 0 aromatic heterocycles. The van der Waals surface area contributed by atoms with Crippen molar-refractivity contribution in [1.29, 1.82) is 0 Å². The smallest absolute Gasteiger partial charge is 0.322 e. The number of nitrogens with one attached hydrogen (secondary N) is 1. The van der Waals surface area contributed by atoms with E-state index in [0.717, 1.165) is 0 Å². The SMILES string of the molecule is CCC(C)C(NS(=O)(=O)c1ccccc1Cl)C(=O)O. The fourth-order valence-electron chi connectivity index (χ4n) is 1.54. The molecule has 1 aromatic carbocycles. The molecule has 0 aliphatic rings. The molecule has 0 aliphatic heterocycles. The number of hydrogen-bond donors (Lipinski definition) is 2. The zero-order valence-electron chi connectivity index (χ0n) is 10.6. The van der Waals surface area contributed by atoms with Crippen LogP contribution in [0.1, 0.15) is 20.3 Å². The van der Waals surface area contributed by atoms with Gasteiger partial charge in [-0.15, -0.1) is 0 Å². The molecule has 2 N–H and O–H groups in total. The molecule has 0 fully saturated rings. The highest BCUT2D eigenvalue weighted by molar-refractivity contribution is 7.89. The summed E-state index contributed by atoms with van der Waals surface area (Å²) in [5, 5.41) is 9.15. The van der Waals surface area contributed by atoms with Gasteiger partial charge in [0.1, 0.15) is 10.9 Å². The Morgan fingerprint density at radius 2 is 2.00 bits per heavy atom. The summed E-state index contributed by atoms with van der Waals surface area (Å²) in [7, 11) is -3.95. The first-order valence-electron chi connectivity index (χ1n) is 5.79. The van der Waals surface area contributed by atoms with Crippen LogP contribution in [0.4, 0.5) is 0 Å². The van der Waals surface area contributed by atoms with Crippen molar-refractivity contribution in [3.05, 3.63) is 29.3 Å². The second-order valence-corrected chi connectivity index (χ2v) is 6.34. The average molecular weight is 306 g/mol. The van der Waals surface area contributed by atoms with Crippen molar-refractivity contribution in [2.45, 2.75) is 31.2 Å². The molecule has 1 rings (SSSR count). The highest BCUT2D eigenvalue weighted by Crippen LogP contribution is 2.21. The van der Waals surface area contributed by atoms with E-state index in [9.17, 15) is 13.2 Å². The molecule has 19 heavy (non-hydrogen) atoms. The van der Waals surface area contributed by atoms with E-state index in [4.69, 9.17) is 16.7 Å². The Kier molecular flexibility index (Phi) is 5.34. The maximum Gasteiger partial charge on any atom is 0.322 e. The van der Waals surface area contributed by atoms with Crippen molar-refractivity contribution in [1.82, 2.24) is 4.72 Å². The average Bonchev–Trinajstić information content (AvgIpc) is 2.35. The van der Waals surface area contributed by atoms with Crippen LogP contribution in [-0.4, -0.2) is 25.5 Å². The summed E-state index contributed by atoms with van der Waals surface area (Å²) in [6.45, 7) is 3.47. The van der Waals surface area contributed by atoms with E-state index in [1.165, 1.54) is 18.2 Å². The third kappa shape index (κ3) is 3.92. The molecule has 0 saturated heterocycles. The first-order chi connectivity index (χ1) is 8.79. The fraction of sp³-hybridized carbons (Fsp3) is 0.417. The van der Waals surface area contributed by atoms with Gasteiger partial charge in [0.25, 0.3) is 0 Å². The first-order valence-corrected chi connectivity index (χ1v) is 7.65. The molecule has 0 aliphatic carbocycles. The third-order valence-electron chi connectivity index (χ3n) is 2.89. The minimum Gasteiger partial charge on any atom is -0.480 e. The number of halogens is 1. The van der Waals surface area contributed by atoms with E-state index in [-0.39, 0.29) is 15.8 Å². The lowest BCUT2D eigenvalue weighted by atomic mass is 10.0. The summed E-state index contributed by atoms with van der Waals surface area (Å²) < 4.78 is 26.4. The Morgan fingerprint density at radius 3 is 2.47 bits per heavy atom. The van der Waals surface area contributed by atoms with Crippen molar-refractivity contribution in [2.75, 3.05) is 0 Å². The zero-order chi connectivity index (χ0) is 14.6. The van der Waals surface area contributed by atoms with Crippen LogP contribution in [0.15, 0.2) is 29.2 Å². The lowest BCUT2D eigenvalue weighted by molar-refractivity contribution is -0.140. The van der Waals surface area contributed by atoms with Crippen molar-refractivity contribution in [3.8, 4) is 0 Å². The molecule has 2 unspecified atom stereocenters. The largest absolute Gasteiger partial charge is 0.480 e. The molecule has 1 aromatic rings. The number of rotatable bonds is 6. The summed E-state index contributed by atoms with van der Waals surface area (Å²) >= 11 is 5.82. The van der Waals surface area contributed by atoms with Crippen LogP contribution >= 0.6 is 11.6 Å². The summed E-state index contributed by atoms with van der Waals surface area (Å²) in [4.78, 5) is 11.0. The van der Waals surface area contributed by atoms with Gasteiger partial charge in [0.2, 0.25) is 10.0 Å². The van der Waals surface area contributed by atoms with Gasteiger partial charge in [0, 0.05) is 0 Å². The van der Waals surface area contributed by atoms with Crippen molar-refractivity contribution < 1.29 is 18.3 Å². The zero-order valence-corrected chi connectivity index (χ0v) is 12.2. The van der Waals surface area contributed by atoms with E-state index in [1.54, 1.807) is 19.9 Å². The minimum absolute atomic E-state index is 0.0586. The normalized spacial score (nSPS) is 14.9. The van der Waals surface area contributed by atoms with Gasteiger partial charge in [-0.3, -0.25) is 4.79 Å². The van der Waals surface area contributed by atoms with Gasteiger partial charge in [-0.05, 0) is 18.1 Å². The predicted octanol–water partition coefficient (Wildman–Crippen LogP) is 2.12. The summed E-state index contributed by atoms with van der Waals surface area (Å²) in [6, 6.07) is 4.73. The van der Waals surface area contributed by atoms with E-state index in [2.05, 4.69) is 4.72 Å². The van der Waals surface area contributed by atoms with Crippen molar-refractivity contribution in [3.63, 3.8) is 0 Å². The highest BCUT2D eigenvalue weighted by atomic mass is 35.5. The van der Waals surface area contributed by atoms with Gasteiger partial charge >= 0.3 is 5.97 Å². The van der Waals surface area contributed by atoms with E-state index >= 15 is 0 Å². The van der Waals surface area contributed by atoms with Gasteiger partial charge in [-0.25, -0.2) is 8.42 Å². The number of carbonyl (C=O) groups is 1. The molecule has 7 heteroatoms. The topological polar surface area (TPSA) is 83.5 Å². The Morgan fingerprint density at radius 1 is 1.42 bits per heavy atom. The van der Waals surface area contributed by atoms with Crippen LogP contribution < -0.4 is 4.72 Å². The van der Waals surface area contributed by atoms with Gasteiger partial charge in [-0.1, -0.05) is 44.0 Å². The fourth-order valence-corrected chi connectivity index (χ4v) is 3.36. The Balaban J connectivity index is 3.08. The molecular formula is C12H16ClNO4S. The minimum atomic E-state index is -3.95. The number of carboxylic acids is 1. The maximum absolute atomic E-state index is 12.1. The lowest BCUT2D eigenvalue weighted by Gasteiger charge is -2.20. The summed E-state index contributed by atoms with van der Waals surface area (Å²) in [5.41, 5.74) is 0. The van der Waals surface area contributed by atoms with Crippen LogP contribution in [0.2, 0.25) is 5.02 Å². The van der Waals surface area contributed by atoms with Crippen LogP contribution in [0.5, 0.6) is 0 Å². The van der Waals surface area contributed by atoms with Gasteiger partial charge in [0.05, 0.1) is 5.02 Å². The predicted molar refractivity (Wildman–Crippen MR) is 72.7 cm³/mol. The van der Waals surface area contributed by atoms with E-state index in [1.807, 2.05) is 0 Å². The van der Waals surface area contributed by atoms with Crippen LogP contribution in [0.25, 0.3) is 0 Å². The maximum atomic E-state index is 12.1. The summed E-state index contributed by atoms with van der Waals surface area (Å²) in [5.74, 6) is -1.53. The van der Waals surface area contributed by atoms with Gasteiger partial charge in [0.15, 0.2) is 0 Å². The Bertz CT molecular complexity index is 559. The quantitative estimate of drug-likeness (QED) is 0.843. The van der Waals surface area contributed by atoms with Crippen LogP contribution in [0.3, 0.4) is 0 Å². The molecular weight excluding hydrogens is 290 g/mol. The van der Waals surface area contributed by atoms with Crippen LogP contribution in [-0.2, 0) is 14.8 Å². The number of hydrogen-bond acceptors (Lipinski definition) is 3. The molecule has 0 saturated carbocycles. The standard InChI is InChI=1S/C12H16ClNO4S/c1-3-8(2)11(12(15)16)14-19(17,18)10-7-5-4-6-9(10)13/h4-8,11,14H,3H2,1-2H3,(H,15,16). The number of carboxylic acid groups (broad SMARTS) is 1. The molecule has 106 valence electrons. The van der Waals surface area contributed by atoms with Crippen molar-refractivity contribution >= 4 is 27.6 Å². The molecule has 5 nitrogen and oxygen atoms in total. The molecule has 0 heterocycles. The molecule has 0 radical (unpaired) electrons. The second kappa shape index (κ2) is 6.36. The molecule has 0 amide bonds. The number of benzene rings is 1. The van der Waals surface area contributed by atoms with E-state index < -0.39 is 22.0 Å². The summed E-state index contributed by atoms with van der Waals surface area (Å²) in [6.07, 6.45) is 0.544. The number of aliphatic carboxylic acids is 1. The monoisotopic (exact) mass is 305 g/mol. The third-order valence-corrected chi connectivity index (χ3v) is 4.83. The number of sulfonamides is 1. The Hall–Kier alpha value is -1.11. The molecule has 0 bridgehead atoms. The highest BCUT2D eigenvalue weighted by Gasteiger charge is 2.30. The first kappa shape index (κ1) is 15.9. The van der Waals surface area contributed by atoms with Crippen LogP contribution in [0, 0.1) is 5.92 Å². The Labute approximate surface area is 117 Å². The second-order valence-electron chi connectivity index (χ2n) is 4.25. The van der Waals surface area contributed by atoms with Crippen molar-refractivity contribution in [2.24, 2.45) is 5.92 Å². The van der Waals surface area contributed by atoms with Gasteiger partial charge < -0.3 is 5.11 Å². The van der Waals surface area contributed by atoms with E-state index in [0.29, 0.717) is 6.42 Å². The lowest BCUT2D eigenvalue weighted by Crippen LogP contribution is -2.44. The molecule has 0 spiro atoms. The molecule has 2 atom stereocenters. The van der Waals surface area contributed by atoms with Gasteiger partial charge in [-0.2, -0.15) is 4.72 Å².